The van der Waals surface area contributed by atoms with Crippen LogP contribution in [0.25, 0.3) is 0 Å². The predicted octanol–water partition coefficient (Wildman–Crippen LogP) is 0.187. The highest BCUT2D eigenvalue weighted by atomic mass is 32.2. The van der Waals surface area contributed by atoms with Crippen LogP contribution in [-0.4, -0.2) is 14.7 Å². The van der Waals surface area contributed by atoms with Gasteiger partial charge in [-0.2, -0.15) is 0 Å². The lowest BCUT2D eigenvalue weighted by molar-refractivity contribution is 0.323. The summed E-state index contributed by atoms with van der Waals surface area (Å²) in [5.74, 6) is 0. The lowest BCUT2D eigenvalue weighted by Gasteiger charge is -1.96. The van der Waals surface area contributed by atoms with Gasteiger partial charge in [-0.15, -0.1) is 0 Å². The second-order valence-corrected chi connectivity index (χ2v) is 3.00. The third-order valence-corrected chi connectivity index (χ3v) is 1.75. The Bertz CT molecular complexity index is 345. The van der Waals surface area contributed by atoms with E-state index in [0.29, 0.717) is 11.1 Å². The molecule has 0 fully saturated rings. The fourth-order valence-electron chi connectivity index (χ4n) is 0.796. The zero-order valence-electron chi connectivity index (χ0n) is 6.60. The maximum Gasteiger partial charge on any atom is 0.257 e. The molecule has 0 heterocycles. The second-order valence-electron chi connectivity index (χ2n) is 2.30. The maximum atomic E-state index is 10.1. The SMILES string of the molecule is O=[C]c1ccc(CO[SH](=O)=O)cc1. The molecular formula is C8H7O4S. The van der Waals surface area contributed by atoms with E-state index in [9.17, 15) is 13.2 Å². The minimum Gasteiger partial charge on any atom is -0.285 e. The molecule has 0 amide bonds. The first-order chi connectivity index (χ1) is 6.22. The van der Waals surface area contributed by atoms with Crippen LogP contribution in [0.3, 0.4) is 0 Å². The van der Waals surface area contributed by atoms with Crippen molar-refractivity contribution >= 4 is 17.3 Å². The van der Waals surface area contributed by atoms with Gasteiger partial charge in [0.25, 0.3) is 11.0 Å². The van der Waals surface area contributed by atoms with Gasteiger partial charge in [0.05, 0.1) is 6.61 Å². The third-order valence-electron chi connectivity index (χ3n) is 1.41. The molecule has 0 atom stereocenters. The molecule has 5 heteroatoms. The second kappa shape index (κ2) is 4.74. The van der Waals surface area contributed by atoms with Crippen LogP contribution in [0.2, 0.25) is 0 Å². The van der Waals surface area contributed by atoms with Crippen molar-refractivity contribution in [2.45, 2.75) is 6.61 Å². The fourth-order valence-corrected chi connectivity index (χ4v) is 1.05. The van der Waals surface area contributed by atoms with Gasteiger partial charge in [-0.1, -0.05) is 24.3 Å². The molecule has 0 saturated carbocycles. The smallest absolute Gasteiger partial charge is 0.257 e. The first-order valence-electron chi connectivity index (χ1n) is 3.47. The molecule has 4 nitrogen and oxygen atoms in total. The van der Waals surface area contributed by atoms with Crippen LogP contribution in [0.4, 0.5) is 0 Å². The summed E-state index contributed by atoms with van der Waals surface area (Å²) in [6.45, 7) is -0.00214. The number of rotatable bonds is 4. The largest absolute Gasteiger partial charge is 0.285 e. The molecule has 13 heavy (non-hydrogen) atoms. The average molecular weight is 199 g/mol. The van der Waals surface area contributed by atoms with E-state index >= 15 is 0 Å². The van der Waals surface area contributed by atoms with Gasteiger partial charge >= 0.3 is 0 Å². The molecule has 0 bridgehead atoms. The first kappa shape index (κ1) is 9.88. The molecule has 0 aromatic heterocycles. The molecule has 0 aliphatic carbocycles. The molecule has 0 unspecified atom stereocenters. The third kappa shape index (κ3) is 3.35. The van der Waals surface area contributed by atoms with Crippen LogP contribution >= 0.6 is 0 Å². The van der Waals surface area contributed by atoms with Crippen LogP contribution < -0.4 is 0 Å². The summed E-state index contributed by atoms with van der Waals surface area (Å²) in [7, 11) is -2.81. The van der Waals surface area contributed by atoms with Gasteiger partial charge in [0, 0.05) is 5.56 Å². The molecule has 0 aliphatic rings. The number of benzene rings is 1. The van der Waals surface area contributed by atoms with Crippen LogP contribution in [0.15, 0.2) is 24.3 Å². The quantitative estimate of drug-likeness (QED) is 0.703. The van der Waals surface area contributed by atoms with Crippen molar-refractivity contribution < 1.29 is 17.4 Å². The summed E-state index contributed by atoms with van der Waals surface area (Å²) >= 11 is 0. The minimum absolute atomic E-state index is 0.00214. The Morgan fingerprint density at radius 3 is 2.31 bits per heavy atom. The van der Waals surface area contributed by atoms with Crippen molar-refractivity contribution in [3.63, 3.8) is 0 Å². The van der Waals surface area contributed by atoms with Crippen molar-refractivity contribution in [3.05, 3.63) is 35.4 Å². The van der Waals surface area contributed by atoms with Gasteiger partial charge in [-0.05, 0) is 5.56 Å². The van der Waals surface area contributed by atoms with Gasteiger partial charge < -0.3 is 0 Å². The van der Waals surface area contributed by atoms with E-state index in [2.05, 4.69) is 4.18 Å². The zero-order valence-corrected chi connectivity index (χ0v) is 7.49. The minimum atomic E-state index is -2.81. The van der Waals surface area contributed by atoms with Gasteiger partial charge in [0.15, 0.2) is 0 Å². The average Bonchev–Trinajstić information content (AvgIpc) is 2.15. The fraction of sp³-hybridized carbons (Fsp3) is 0.125. The topological polar surface area (TPSA) is 60.4 Å². The van der Waals surface area contributed by atoms with Gasteiger partial charge in [-0.25, -0.2) is 8.42 Å². The Balaban J connectivity index is 2.64. The molecule has 1 aromatic carbocycles. The number of thiol groups is 1. The Labute approximate surface area is 77.3 Å². The zero-order chi connectivity index (χ0) is 9.68. The van der Waals surface area contributed by atoms with E-state index in [-0.39, 0.29) is 6.61 Å². The van der Waals surface area contributed by atoms with Crippen LogP contribution in [0.5, 0.6) is 0 Å². The summed E-state index contributed by atoms with van der Waals surface area (Å²) in [6, 6.07) is 6.31. The number of hydrogen-bond acceptors (Lipinski definition) is 4. The number of carbonyl (C=O) groups excluding carboxylic acids is 1. The molecule has 0 saturated heterocycles. The standard InChI is InChI=1S/C8H7O4S/c9-5-7-1-3-8(4-2-7)6-12-13(10)11/h1-4,13H,6H2. The first-order valence-corrected chi connectivity index (χ1v) is 4.56. The molecule has 1 rings (SSSR count). The van der Waals surface area contributed by atoms with Crippen LogP contribution in [0.1, 0.15) is 11.1 Å². The van der Waals surface area contributed by atoms with Crippen LogP contribution in [-0.2, 0) is 26.6 Å². The lowest BCUT2D eigenvalue weighted by Crippen LogP contribution is -1.91. The van der Waals surface area contributed by atoms with E-state index in [1.807, 2.05) is 0 Å². The van der Waals surface area contributed by atoms with Crippen LogP contribution in [0, 0.1) is 0 Å². The normalized spacial score (nSPS) is 10.2. The monoisotopic (exact) mass is 199 g/mol. The molecular weight excluding hydrogens is 192 g/mol. The van der Waals surface area contributed by atoms with Gasteiger partial charge in [-0.3, -0.25) is 8.98 Å². The highest BCUT2D eigenvalue weighted by Gasteiger charge is 1.94. The van der Waals surface area contributed by atoms with Crippen molar-refractivity contribution in [2.24, 2.45) is 0 Å². The Morgan fingerprint density at radius 2 is 1.85 bits per heavy atom. The molecule has 0 aliphatic heterocycles. The van der Waals surface area contributed by atoms with E-state index in [0.717, 1.165) is 0 Å². The maximum absolute atomic E-state index is 10.1. The summed E-state index contributed by atoms with van der Waals surface area (Å²) in [5, 5.41) is 0. The van der Waals surface area contributed by atoms with E-state index in [1.54, 1.807) is 30.6 Å². The highest BCUT2D eigenvalue weighted by molar-refractivity contribution is 7.67. The molecule has 0 N–H and O–H groups in total. The predicted molar refractivity (Wildman–Crippen MR) is 46.3 cm³/mol. The molecule has 0 spiro atoms. The Hall–Kier alpha value is -1.20. The van der Waals surface area contributed by atoms with Crippen molar-refractivity contribution in [3.8, 4) is 0 Å². The van der Waals surface area contributed by atoms with Crippen molar-refractivity contribution in [2.75, 3.05) is 0 Å². The van der Waals surface area contributed by atoms with E-state index in [4.69, 9.17) is 0 Å². The molecule has 69 valence electrons. The van der Waals surface area contributed by atoms with Crippen molar-refractivity contribution in [1.29, 1.82) is 0 Å². The summed E-state index contributed by atoms with van der Waals surface area (Å²) in [6.07, 6.45) is 1.71. The van der Waals surface area contributed by atoms with Gasteiger partial charge in [0.2, 0.25) is 6.29 Å². The Kier molecular flexibility index (Phi) is 3.60. The molecule has 1 radical (unpaired) electrons. The molecule has 1 aromatic rings. The summed E-state index contributed by atoms with van der Waals surface area (Å²) in [5.41, 5.74) is 1.12. The lowest BCUT2D eigenvalue weighted by atomic mass is 10.2. The van der Waals surface area contributed by atoms with Crippen molar-refractivity contribution in [1.82, 2.24) is 0 Å². The number of hydrogen-bond donors (Lipinski definition) is 1. The van der Waals surface area contributed by atoms with Gasteiger partial charge in [0.1, 0.15) is 0 Å². The Morgan fingerprint density at radius 1 is 1.23 bits per heavy atom. The summed E-state index contributed by atoms with van der Waals surface area (Å²) < 4.78 is 24.5. The van der Waals surface area contributed by atoms with E-state index < -0.39 is 11.0 Å². The summed E-state index contributed by atoms with van der Waals surface area (Å²) in [4.78, 5) is 10.1. The van der Waals surface area contributed by atoms with E-state index in [1.165, 1.54) is 0 Å². The highest BCUT2D eigenvalue weighted by Crippen LogP contribution is 2.03.